The maximum atomic E-state index is 12.4. The van der Waals surface area contributed by atoms with Crippen LogP contribution in [-0.2, 0) is 4.79 Å². The second kappa shape index (κ2) is 11.1. The SMILES string of the molecule is CCCOc1cccc(C2C(C#N)=C(N)Oc3cc(OC(=O)COc4ccc(Cl)cc4C)ccc32)c1. The standard InChI is InChI=1S/C28H25ClN2O5/c1-3-11-33-20-6-4-5-18(13-20)27-22-9-8-21(14-25(22)36-28(31)23(27)15-30)35-26(32)16-34-24-10-7-19(29)12-17(24)2/h4-10,12-14,27H,3,11,16,31H2,1-2H3. The molecule has 0 aromatic heterocycles. The maximum Gasteiger partial charge on any atom is 0.349 e. The monoisotopic (exact) mass is 504 g/mol. The number of nitriles is 1. The molecule has 1 heterocycles. The second-order valence-electron chi connectivity index (χ2n) is 8.22. The number of hydrogen-bond acceptors (Lipinski definition) is 7. The fraction of sp³-hybridized carbons (Fsp3) is 0.214. The smallest absolute Gasteiger partial charge is 0.349 e. The Morgan fingerprint density at radius 2 is 1.94 bits per heavy atom. The molecule has 4 rings (SSSR count). The number of rotatable bonds is 8. The van der Waals surface area contributed by atoms with Crippen LogP contribution in [0.3, 0.4) is 0 Å². The van der Waals surface area contributed by atoms with Crippen LogP contribution in [0.2, 0.25) is 5.02 Å². The van der Waals surface area contributed by atoms with E-state index in [9.17, 15) is 10.1 Å². The van der Waals surface area contributed by atoms with Crippen molar-refractivity contribution >= 4 is 17.6 Å². The first-order valence-corrected chi connectivity index (χ1v) is 11.8. The molecule has 1 atom stereocenters. The van der Waals surface area contributed by atoms with Crippen molar-refractivity contribution in [1.82, 2.24) is 0 Å². The molecule has 0 bridgehead atoms. The second-order valence-corrected chi connectivity index (χ2v) is 8.65. The number of esters is 1. The fourth-order valence-corrected chi connectivity index (χ4v) is 4.14. The number of aryl methyl sites for hydroxylation is 1. The molecule has 0 amide bonds. The lowest BCUT2D eigenvalue weighted by Crippen LogP contribution is -2.22. The van der Waals surface area contributed by atoms with Crippen molar-refractivity contribution in [2.75, 3.05) is 13.2 Å². The number of ether oxygens (including phenoxy) is 4. The molecule has 0 saturated carbocycles. The summed E-state index contributed by atoms with van der Waals surface area (Å²) in [6, 6.07) is 19.8. The number of benzene rings is 3. The van der Waals surface area contributed by atoms with Gasteiger partial charge in [0.05, 0.1) is 12.5 Å². The Hall–Kier alpha value is -4.15. The van der Waals surface area contributed by atoms with E-state index in [1.165, 1.54) is 0 Å². The van der Waals surface area contributed by atoms with Gasteiger partial charge in [-0.1, -0.05) is 36.7 Å². The van der Waals surface area contributed by atoms with Gasteiger partial charge < -0.3 is 24.7 Å². The summed E-state index contributed by atoms with van der Waals surface area (Å²) in [6.07, 6.45) is 0.881. The van der Waals surface area contributed by atoms with Crippen molar-refractivity contribution in [2.24, 2.45) is 5.73 Å². The lowest BCUT2D eigenvalue weighted by atomic mass is 9.83. The molecule has 1 unspecified atom stereocenters. The normalized spacial score (nSPS) is 14.3. The number of halogens is 1. The molecule has 0 radical (unpaired) electrons. The van der Waals surface area contributed by atoms with Crippen molar-refractivity contribution in [1.29, 1.82) is 5.26 Å². The van der Waals surface area contributed by atoms with Gasteiger partial charge in [-0.3, -0.25) is 0 Å². The van der Waals surface area contributed by atoms with Gasteiger partial charge in [-0.05, 0) is 60.9 Å². The Kier molecular flexibility index (Phi) is 7.67. The summed E-state index contributed by atoms with van der Waals surface area (Å²) in [5.74, 6) is 0.876. The first-order chi connectivity index (χ1) is 17.4. The van der Waals surface area contributed by atoms with Crippen LogP contribution in [0.15, 0.2) is 72.1 Å². The van der Waals surface area contributed by atoms with Crippen LogP contribution in [0.4, 0.5) is 0 Å². The number of nitrogens with zero attached hydrogens (tertiary/aromatic N) is 1. The largest absolute Gasteiger partial charge is 0.494 e. The van der Waals surface area contributed by atoms with Gasteiger partial charge in [0.1, 0.15) is 34.6 Å². The van der Waals surface area contributed by atoms with E-state index in [0.29, 0.717) is 34.5 Å². The van der Waals surface area contributed by atoms with Gasteiger partial charge in [0, 0.05) is 16.7 Å². The summed E-state index contributed by atoms with van der Waals surface area (Å²) in [5.41, 5.74) is 8.77. The van der Waals surface area contributed by atoms with Gasteiger partial charge >= 0.3 is 5.97 Å². The highest BCUT2D eigenvalue weighted by molar-refractivity contribution is 6.30. The summed E-state index contributed by atoms with van der Waals surface area (Å²) in [6.45, 7) is 4.18. The van der Waals surface area contributed by atoms with Gasteiger partial charge in [-0.15, -0.1) is 0 Å². The minimum Gasteiger partial charge on any atom is -0.494 e. The summed E-state index contributed by atoms with van der Waals surface area (Å²) in [4.78, 5) is 12.4. The van der Waals surface area contributed by atoms with E-state index in [2.05, 4.69) is 6.07 Å². The molecule has 184 valence electrons. The molecule has 0 spiro atoms. The molecule has 36 heavy (non-hydrogen) atoms. The Balaban J connectivity index is 1.54. The van der Waals surface area contributed by atoms with Crippen LogP contribution >= 0.6 is 11.6 Å². The van der Waals surface area contributed by atoms with Crippen LogP contribution in [-0.4, -0.2) is 19.2 Å². The van der Waals surface area contributed by atoms with Crippen molar-refractivity contribution in [3.63, 3.8) is 0 Å². The summed E-state index contributed by atoms with van der Waals surface area (Å²) >= 11 is 5.96. The van der Waals surface area contributed by atoms with Crippen LogP contribution in [0, 0.1) is 18.3 Å². The first-order valence-electron chi connectivity index (χ1n) is 11.4. The van der Waals surface area contributed by atoms with Gasteiger partial charge in [-0.2, -0.15) is 5.26 Å². The van der Waals surface area contributed by atoms with Crippen molar-refractivity contribution in [2.45, 2.75) is 26.2 Å². The van der Waals surface area contributed by atoms with Crippen molar-refractivity contribution in [3.05, 3.63) is 93.8 Å². The molecule has 1 aliphatic rings. The Morgan fingerprint density at radius 1 is 1.11 bits per heavy atom. The average Bonchev–Trinajstić information content (AvgIpc) is 2.86. The van der Waals surface area contributed by atoms with Crippen molar-refractivity contribution < 1.29 is 23.7 Å². The zero-order valence-corrected chi connectivity index (χ0v) is 20.7. The summed E-state index contributed by atoms with van der Waals surface area (Å²) in [5, 5.41) is 10.4. The predicted octanol–water partition coefficient (Wildman–Crippen LogP) is 5.64. The highest BCUT2D eigenvalue weighted by Gasteiger charge is 2.31. The quantitative estimate of drug-likeness (QED) is 0.312. The average molecular weight is 505 g/mol. The molecule has 0 fully saturated rings. The van der Waals surface area contributed by atoms with Gasteiger partial charge in [0.25, 0.3) is 0 Å². The van der Waals surface area contributed by atoms with E-state index in [1.807, 2.05) is 38.1 Å². The number of carbonyl (C=O) groups is 1. The molecule has 3 aromatic carbocycles. The van der Waals surface area contributed by atoms with Crippen LogP contribution in [0.1, 0.15) is 36.0 Å². The van der Waals surface area contributed by atoms with Crippen LogP contribution in [0.25, 0.3) is 0 Å². The summed E-state index contributed by atoms with van der Waals surface area (Å²) < 4.78 is 22.5. The molecule has 2 N–H and O–H groups in total. The number of hydrogen-bond donors (Lipinski definition) is 1. The topological polar surface area (TPSA) is 104 Å². The molecule has 8 heteroatoms. The van der Waals surface area contributed by atoms with Gasteiger partial charge in [-0.25, -0.2) is 4.79 Å². The zero-order valence-electron chi connectivity index (χ0n) is 19.9. The highest BCUT2D eigenvalue weighted by Crippen LogP contribution is 2.44. The van der Waals surface area contributed by atoms with E-state index in [4.69, 9.17) is 36.3 Å². The fourth-order valence-electron chi connectivity index (χ4n) is 3.92. The van der Waals surface area contributed by atoms with E-state index in [1.54, 1.807) is 36.4 Å². The van der Waals surface area contributed by atoms with E-state index < -0.39 is 11.9 Å². The Morgan fingerprint density at radius 3 is 2.69 bits per heavy atom. The molecule has 3 aromatic rings. The highest BCUT2D eigenvalue weighted by atomic mass is 35.5. The first kappa shape index (κ1) is 25.0. The third-order valence-corrected chi connectivity index (χ3v) is 5.80. The molecule has 1 aliphatic heterocycles. The molecule has 0 saturated heterocycles. The summed E-state index contributed by atoms with van der Waals surface area (Å²) in [7, 11) is 0. The van der Waals surface area contributed by atoms with Crippen LogP contribution < -0.4 is 24.7 Å². The maximum absolute atomic E-state index is 12.4. The third-order valence-electron chi connectivity index (χ3n) is 5.57. The van der Waals surface area contributed by atoms with Gasteiger partial charge in [0.2, 0.25) is 5.88 Å². The lowest BCUT2D eigenvalue weighted by Gasteiger charge is -2.27. The molecular formula is C28H25ClN2O5. The number of nitrogens with two attached hydrogens (primary N) is 1. The Labute approximate surface area is 214 Å². The van der Waals surface area contributed by atoms with Crippen LogP contribution in [0.5, 0.6) is 23.0 Å². The predicted molar refractivity (Wildman–Crippen MR) is 135 cm³/mol. The minimum absolute atomic E-state index is 0.0000897. The molecule has 7 nitrogen and oxygen atoms in total. The van der Waals surface area contributed by atoms with E-state index in [-0.39, 0.29) is 18.2 Å². The van der Waals surface area contributed by atoms with Crippen molar-refractivity contribution in [3.8, 4) is 29.1 Å². The number of fused-ring (bicyclic) bond motifs is 1. The third kappa shape index (κ3) is 5.56. The molecule has 0 aliphatic carbocycles. The Bertz CT molecular complexity index is 1360. The lowest BCUT2D eigenvalue weighted by molar-refractivity contribution is -0.136. The van der Waals surface area contributed by atoms with E-state index >= 15 is 0 Å². The number of allylic oxidation sites excluding steroid dienone is 1. The number of carbonyl (C=O) groups excluding carboxylic acids is 1. The zero-order chi connectivity index (χ0) is 25.7. The minimum atomic E-state index is -0.585. The van der Waals surface area contributed by atoms with E-state index in [0.717, 1.165) is 23.1 Å². The molecular weight excluding hydrogens is 480 g/mol. The van der Waals surface area contributed by atoms with Gasteiger partial charge in [0.15, 0.2) is 6.61 Å².